The van der Waals surface area contributed by atoms with E-state index in [9.17, 15) is 0 Å². The number of hydrogen-bond acceptors (Lipinski definition) is 3. The molecule has 1 saturated carbocycles. The fraction of sp³-hybridized carbons (Fsp3) is 0.444. The first-order valence-electron chi connectivity index (χ1n) is 7.74. The van der Waals surface area contributed by atoms with Gasteiger partial charge in [-0.25, -0.2) is 0 Å². The Balaban J connectivity index is 1.72. The number of hydrogen-bond donors (Lipinski definition) is 1. The number of rotatable bonds is 5. The van der Waals surface area contributed by atoms with Gasteiger partial charge in [-0.1, -0.05) is 30.3 Å². The molecule has 1 aliphatic carbocycles. The Morgan fingerprint density at radius 3 is 2.43 bits per heavy atom. The molecule has 0 radical (unpaired) electrons. The highest BCUT2D eigenvalue weighted by atomic mass is 32.2. The third-order valence-electron chi connectivity index (χ3n) is 4.37. The highest BCUT2D eigenvalue weighted by Gasteiger charge is 2.25. The van der Waals surface area contributed by atoms with E-state index in [1.165, 1.54) is 31.2 Å². The van der Waals surface area contributed by atoms with Gasteiger partial charge in [0.15, 0.2) is 0 Å². The van der Waals surface area contributed by atoms with Gasteiger partial charge in [0.1, 0.15) is 5.76 Å². The van der Waals surface area contributed by atoms with Crippen LogP contribution < -0.4 is 5.32 Å². The van der Waals surface area contributed by atoms with Crippen molar-refractivity contribution in [1.29, 1.82) is 0 Å². The Morgan fingerprint density at radius 2 is 1.81 bits per heavy atom. The highest BCUT2D eigenvalue weighted by molar-refractivity contribution is 7.99. The van der Waals surface area contributed by atoms with Crippen molar-refractivity contribution in [2.45, 2.75) is 43.0 Å². The summed E-state index contributed by atoms with van der Waals surface area (Å²) >= 11 is 2.01. The SMILES string of the molecule is CSC1CCC(NC(c2ccccc2)c2ccco2)CC1. The Hall–Kier alpha value is -1.19. The standard InChI is InChI=1S/C18H23NOS/c1-21-16-11-9-15(10-12-16)19-18(17-8-5-13-20-17)14-6-3-2-4-7-14/h2-8,13,15-16,18-19H,9-12H2,1H3. The van der Waals surface area contributed by atoms with Gasteiger partial charge in [-0.15, -0.1) is 0 Å². The number of thioether (sulfide) groups is 1. The molecule has 0 amide bonds. The Labute approximate surface area is 131 Å². The van der Waals surface area contributed by atoms with E-state index in [2.05, 4.69) is 48.0 Å². The molecular formula is C18H23NOS. The molecule has 1 fully saturated rings. The lowest BCUT2D eigenvalue weighted by Gasteiger charge is -2.31. The topological polar surface area (TPSA) is 25.2 Å². The van der Waals surface area contributed by atoms with Crippen molar-refractivity contribution in [2.75, 3.05) is 6.26 Å². The molecule has 1 unspecified atom stereocenters. The minimum Gasteiger partial charge on any atom is -0.467 e. The molecule has 0 saturated heterocycles. The van der Waals surface area contributed by atoms with Gasteiger partial charge in [-0.3, -0.25) is 0 Å². The summed E-state index contributed by atoms with van der Waals surface area (Å²) in [7, 11) is 0. The van der Waals surface area contributed by atoms with Crippen LogP contribution >= 0.6 is 11.8 Å². The molecule has 1 aromatic heterocycles. The second kappa shape index (κ2) is 7.19. The fourth-order valence-corrected chi connectivity index (χ4v) is 3.89. The van der Waals surface area contributed by atoms with Crippen LogP contribution in [0.15, 0.2) is 53.1 Å². The first kappa shape index (κ1) is 14.7. The van der Waals surface area contributed by atoms with Gasteiger partial charge in [0.2, 0.25) is 0 Å². The van der Waals surface area contributed by atoms with E-state index in [0.717, 1.165) is 11.0 Å². The first-order valence-corrected chi connectivity index (χ1v) is 9.03. The largest absolute Gasteiger partial charge is 0.467 e. The molecule has 1 N–H and O–H groups in total. The summed E-state index contributed by atoms with van der Waals surface area (Å²) < 4.78 is 5.67. The maximum atomic E-state index is 5.67. The predicted octanol–water partition coefficient (Wildman–Crippen LogP) is 4.63. The molecule has 3 heteroatoms. The van der Waals surface area contributed by atoms with Crippen LogP contribution in [0.3, 0.4) is 0 Å². The fourth-order valence-electron chi connectivity index (χ4n) is 3.14. The second-order valence-corrected chi connectivity index (χ2v) is 6.87. The molecule has 0 spiro atoms. The minimum atomic E-state index is 0.164. The van der Waals surface area contributed by atoms with Crippen LogP contribution in [-0.4, -0.2) is 17.5 Å². The summed E-state index contributed by atoms with van der Waals surface area (Å²) in [5.74, 6) is 1.01. The summed E-state index contributed by atoms with van der Waals surface area (Å²) in [5, 5.41) is 4.67. The van der Waals surface area contributed by atoms with Gasteiger partial charge in [0, 0.05) is 11.3 Å². The monoisotopic (exact) mass is 301 g/mol. The van der Waals surface area contributed by atoms with E-state index in [-0.39, 0.29) is 6.04 Å². The molecule has 1 aliphatic rings. The number of furan rings is 1. The van der Waals surface area contributed by atoms with Crippen molar-refractivity contribution in [3.63, 3.8) is 0 Å². The average molecular weight is 301 g/mol. The van der Waals surface area contributed by atoms with Gasteiger partial charge in [-0.2, -0.15) is 11.8 Å². The van der Waals surface area contributed by atoms with Crippen LogP contribution in [0, 0.1) is 0 Å². The third-order valence-corrected chi connectivity index (χ3v) is 5.51. The van der Waals surface area contributed by atoms with E-state index < -0.39 is 0 Å². The Morgan fingerprint density at radius 1 is 1.05 bits per heavy atom. The van der Waals surface area contributed by atoms with Gasteiger partial charge in [0.05, 0.1) is 12.3 Å². The van der Waals surface area contributed by atoms with Crippen molar-refractivity contribution < 1.29 is 4.42 Å². The zero-order valence-corrected chi connectivity index (χ0v) is 13.3. The summed E-state index contributed by atoms with van der Waals surface area (Å²) in [4.78, 5) is 0. The van der Waals surface area contributed by atoms with Gasteiger partial charge < -0.3 is 9.73 Å². The van der Waals surface area contributed by atoms with Crippen LogP contribution in [0.25, 0.3) is 0 Å². The van der Waals surface area contributed by atoms with Gasteiger partial charge in [0.25, 0.3) is 0 Å². The van der Waals surface area contributed by atoms with E-state index in [1.54, 1.807) is 6.26 Å². The quantitative estimate of drug-likeness (QED) is 0.871. The summed E-state index contributed by atoms with van der Waals surface area (Å²) in [5.41, 5.74) is 1.28. The van der Waals surface area contributed by atoms with Gasteiger partial charge >= 0.3 is 0 Å². The van der Waals surface area contributed by atoms with Gasteiger partial charge in [-0.05, 0) is 49.6 Å². The molecule has 1 heterocycles. The molecule has 3 rings (SSSR count). The Kier molecular flexibility index (Phi) is 5.04. The highest BCUT2D eigenvalue weighted by Crippen LogP contribution is 2.30. The van der Waals surface area contributed by atoms with Crippen LogP contribution in [0.2, 0.25) is 0 Å². The van der Waals surface area contributed by atoms with Crippen LogP contribution in [0.4, 0.5) is 0 Å². The zero-order chi connectivity index (χ0) is 14.5. The van der Waals surface area contributed by atoms with E-state index in [1.807, 2.05) is 17.8 Å². The molecule has 2 nitrogen and oxygen atoms in total. The lowest BCUT2D eigenvalue weighted by atomic mass is 9.93. The van der Waals surface area contributed by atoms with Crippen LogP contribution in [-0.2, 0) is 0 Å². The maximum Gasteiger partial charge on any atom is 0.125 e. The maximum absolute atomic E-state index is 5.67. The summed E-state index contributed by atoms with van der Waals surface area (Å²) in [6.45, 7) is 0. The third kappa shape index (κ3) is 3.72. The molecule has 112 valence electrons. The molecule has 1 atom stereocenters. The smallest absolute Gasteiger partial charge is 0.125 e. The van der Waals surface area contributed by atoms with E-state index >= 15 is 0 Å². The summed E-state index contributed by atoms with van der Waals surface area (Å²) in [6.07, 6.45) is 9.15. The number of nitrogens with one attached hydrogen (secondary N) is 1. The summed E-state index contributed by atoms with van der Waals surface area (Å²) in [6, 6.07) is 15.4. The number of benzene rings is 1. The van der Waals surface area contributed by atoms with Crippen molar-refractivity contribution in [3.8, 4) is 0 Å². The average Bonchev–Trinajstić information content (AvgIpc) is 3.08. The van der Waals surface area contributed by atoms with Crippen molar-refractivity contribution in [3.05, 3.63) is 60.1 Å². The lowest BCUT2D eigenvalue weighted by Crippen LogP contribution is -2.36. The lowest BCUT2D eigenvalue weighted by molar-refractivity contribution is 0.337. The molecule has 2 aromatic rings. The molecule has 1 aromatic carbocycles. The molecular weight excluding hydrogens is 278 g/mol. The van der Waals surface area contributed by atoms with Crippen LogP contribution in [0.1, 0.15) is 43.0 Å². The molecule has 0 bridgehead atoms. The van der Waals surface area contributed by atoms with Crippen molar-refractivity contribution in [2.24, 2.45) is 0 Å². The zero-order valence-electron chi connectivity index (χ0n) is 12.5. The minimum absolute atomic E-state index is 0.164. The normalized spacial score (nSPS) is 23.9. The molecule has 21 heavy (non-hydrogen) atoms. The van der Waals surface area contributed by atoms with E-state index in [4.69, 9.17) is 4.42 Å². The van der Waals surface area contributed by atoms with E-state index in [0.29, 0.717) is 6.04 Å². The first-order chi connectivity index (χ1) is 10.4. The van der Waals surface area contributed by atoms with Crippen LogP contribution in [0.5, 0.6) is 0 Å². The second-order valence-electron chi connectivity index (χ2n) is 5.74. The predicted molar refractivity (Wildman–Crippen MR) is 89.7 cm³/mol. The molecule has 0 aliphatic heterocycles. The Bertz CT molecular complexity index is 517. The van der Waals surface area contributed by atoms with Crippen molar-refractivity contribution in [1.82, 2.24) is 5.32 Å². The van der Waals surface area contributed by atoms with Crippen molar-refractivity contribution >= 4 is 11.8 Å².